The zero-order chi connectivity index (χ0) is 20.5. The van der Waals surface area contributed by atoms with Crippen LogP contribution in [0.2, 0.25) is 0 Å². The van der Waals surface area contributed by atoms with Gasteiger partial charge in [-0.15, -0.1) is 0 Å². The summed E-state index contributed by atoms with van der Waals surface area (Å²) < 4.78 is 5.29. The number of hydrogen-bond acceptors (Lipinski definition) is 3. The third-order valence-electron chi connectivity index (χ3n) is 5.23. The Hall–Kier alpha value is -4.06. The molecule has 30 heavy (non-hydrogen) atoms. The molecule has 0 saturated carbocycles. The molecule has 0 aliphatic carbocycles. The molecule has 5 rings (SSSR count). The van der Waals surface area contributed by atoms with Crippen molar-refractivity contribution < 1.29 is 9.53 Å². The van der Waals surface area contributed by atoms with Crippen molar-refractivity contribution in [1.82, 2.24) is 20.6 Å². The molecule has 2 heterocycles. The predicted octanol–water partition coefficient (Wildman–Crippen LogP) is 4.49. The van der Waals surface area contributed by atoms with Gasteiger partial charge in [-0.3, -0.25) is 0 Å². The van der Waals surface area contributed by atoms with E-state index < -0.39 is 0 Å². The standard InChI is InChI=1S/C24H20N4O2/c1-30-17-13-11-16(12-14-17)22-20(23-25-18-9-5-6-10-19(18)26-23)21(27-24(29)28-22)15-7-3-2-4-8-15/h2-14,22H,1H3,(H,25,26)(H2,27,28,29)/t22-/m0/s1. The Balaban J connectivity index is 1.74. The lowest BCUT2D eigenvalue weighted by Crippen LogP contribution is -2.43. The zero-order valence-electron chi connectivity index (χ0n) is 16.3. The average Bonchev–Trinajstić information content (AvgIpc) is 3.23. The first-order valence-corrected chi connectivity index (χ1v) is 9.69. The van der Waals surface area contributed by atoms with Crippen LogP contribution < -0.4 is 15.4 Å². The fourth-order valence-corrected chi connectivity index (χ4v) is 3.78. The molecular weight excluding hydrogens is 376 g/mol. The van der Waals surface area contributed by atoms with E-state index in [0.717, 1.165) is 39.2 Å². The SMILES string of the molecule is COc1ccc([C@@H]2NC(=O)NC(c3ccccc3)=C2c2nc3ccccc3[nH]2)cc1. The maximum absolute atomic E-state index is 12.6. The molecule has 1 aliphatic rings. The maximum Gasteiger partial charge on any atom is 0.320 e. The third kappa shape index (κ3) is 3.18. The van der Waals surface area contributed by atoms with E-state index in [9.17, 15) is 4.79 Å². The number of ether oxygens (including phenoxy) is 1. The van der Waals surface area contributed by atoms with Crippen LogP contribution >= 0.6 is 0 Å². The number of benzene rings is 3. The highest BCUT2D eigenvalue weighted by Crippen LogP contribution is 2.37. The van der Waals surface area contributed by atoms with E-state index in [1.165, 1.54) is 0 Å². The van der Waals surface area contributed by atoms with Crippen molar-refractivity contribution in [3.8, 4) is 5.75 Å². The molecule has 0 bridgehead atoms. The zero-order valence-corrected chi connectivity index (χ0v) is 16.3. The molecule has 0 unspecified atom stereocenters. The number of methoxy groups -OCH3 is 1. The highest BCUT2D eigenvalue weighted by atomic mass is 16.5. The van der Waals surface area contributed by atoms with E-state index in [4.69, 9.17) is 9.72 Å². The topological polar surface area (TPSA) is 79.0 Å². The molecule has 148 valence electrons. The summed E-state index contributed by atoms with van der Waals surface area (Å²) in [4.78, 5) is 20.8. The van der Waals surface area contributed by atoms with Gasteiger partial charge in [0.2, 0.25) is 0 Å². The second-order valence-electron chi connectivity index (χ2n) is 7.06. The number of carbonyl (C=O) groups excluding carboxylic acids is 1. The molecule has 0 spiro atoms. The molecule has 0 fully saturated rings. The monoisotopic (exact) mass is 396 g/mol. The number of aromatic amines is 1. The first-order chi connectivity index (χ1) is 14.7. The summed E-state index contributed by atoms with van der Waals surface area (Å²) in [6.45, 7) is 0. The van der Waals surface area contributed by atoms with Crippen LogP contribution in [0.25, 0.3) is 22.3 Å². The first kappa shape index (κ1) is 18.0. The number of H-pyrrole nitrogens is 1. The van der Waals surface area contributed by atoms with Gasteiger partial charge in [-0.1, -0.05) is 54.6 Å². The molecule has 1 atom stereocenters. The molecule has 1 aliphatic heterocycles. The number of nitrogens with zero attached hydrogens (tertiary/aromatic N) is 1. The number of imidazole rings is 1. The molecule has 4 aromatic rings. The second-order valence-corrected chi connectivity index (χ2v) is 7.06. The summed E-state index contributed by atoms with van der Waals surface area (Å²) in [5.41, 5.74) is 5.29. The van der Waals surface area contributed by atoms with Crippen LogP contribution in [0.1, 0.15) is 23.0 Å². The van der Waals surface area contributed by atoms with Crippen molar-refractivity contribution in [3.05, 3.63) is 95.8 Å². The third-order valence-corrected chi connectivity index (χ3v) is 5.23. The van der Waals surface area contributed by atoms with Crippen molar-refractivity contribution in [2.75, 3.05) is 7.11 Å². The van der Waals surface area contributed by atoms with Crippen LogP contribution in [0.4, 0.5) is 4.79 Å². The number of aromatic nitrogens is 2. The van der Waals surface area contributed by atoms with Crippen LogP contribution in [0, 0.1) is 0 Å². The molecule has 1 aromatic heterocycles. The summed E-state index contributed by atoms with van der Waals surface area (Å²) in [5, 5.41) is 6.05. The van der Waals surface area contributed by atoms with Crippen molar-refractivity contribution in [2.45, 2.75) is 6.04 Å². The van der Waals surface area contributed by atoms with Gasteiger partial charge in [0.05, 0.1) is 29.9 Å². The summed E-state index contributed by atoms with van der Waals surface area (Å²) >= 11 is 0. The number of urea groups is 1. The number of para-hydroxylation sites is 2. The highest BCUT2D eigenvalue weighted by Gasteiger charge is 2.31. The largest absolute Gasteiger partial charge is 0.497 e. The van der Waals surface area contributed by atoms with Crippen LogP contribution in [0.15, 0.2) is 78.9 Å². The second kappa shape index (κ2) is 7.40. The van der Waals surface area contributed by atoms with Crippen LogP contribution in [-0.4, -0.2) is 23.1 Å². The molecular formula is C24H20N4O2. The minimum Gasteiger partial charge on any atom is -0.497 e. The molecule has 6 heteroatoms. The number of amides is 2. The van der Waals surface area contributed by atoms with Gasteiger partial charge in [-0.25, -0.2) is 9.78 Å². The van der Waals surface area contributed by atoms with Crippen LogP contribution in [-0.2, 0) is 0 Å². The molecule has 2 amide bonds. The Morgan fingerprint density at radius 3 is 2.37 bits per heavy atom. The van der Waals surface area contributed by atoms with Crippen molar-refractivity contribution in [2.24, 2.45) is 0 Å². The van der Waals surface area contributed by atoms with E-state index in [-0.39, 0.29) is 12.1 Å². The van der Waals surface area contributed by atoms with Crippen molar-refractivity contribution in [3.63, 3.8) is 0 Å². The lowest BCUT2D eigenvalue weighted by Gasteiger charge is -2.30. The Bertz CT molecular complexity index is 1210. The number of carbonyl (C=O) groups is 1. The van der Waals surface area contributed by atoms with Crippen LogP contribution in [0.5, 0.6) is 5.75 Å². The Morgan fingerprint density at radius 1 is 0.900 bits per heavy atom. The van der Waals surface area contributed by atoms with E-state index >= 15 is 0 Å². The van der Waals surface area contributed by atoms with Crippen molar-refractivity contribution in [1.29, 1.82) is 0 Å². The summed E-state index contributed by atoms with van der Waals surface area (Å²) in [5.74, 6) is 1.47. The number of rotatable bonds is 4. The molecule has 0 saturated heterocycles. The van der Waals surface area contributed by atoms with Gasteiger partial charge >= 0.3 is 6.03 Å². The fraction of sp³-hybridized carbons (Fsp3) is 0.0833. The highest BCUT2D eigenvalue weighted by molar-refractivity contribution is 6.02. The lowest BCUT2D eigenvalue weighted by molar-refractivity contribution is 0.242. The van der Waals surface area contributed by atoms with Gasteiger partial charge in [0, 0.05) is 5.57 Å². The van der Waals surface area contributed by atoms with Gasteiger partial charge in [-0.2, -0.15) is 0 Å². The van der Waals surface area contributed by atoms with Crippen LogP contribution in [0.3, 0.4) is 0 Å². The minimum absolute atomic E-state index is 0.255. The van der Waals surface area contributed by atoms with E-state index in [1.807, 2.05) is 78.9 Å². The Kier molecular flexibility index (Phi) is 4.44. The average molecular weight is 396 g/mol. The normalized spacial score (nSPS) is 16.3. The lowest BCUT2D eigenvalue weighted by atomic mass is 9.92. The smallest absolute Gasteiger partial charge is 0.320 e. The fourth-order valence-electron chi connectivity index (χ4n) is 3.78. The van der Waals surface area contributed by atoms with Gasteiger partial charge in [0.1, 0.15) is 11.6 Å². The quantitative estimate of drug-likeness (QED) is 0.475. The first-order valence-electron chi connectivity index (χ1n) is 9.69. The number of hydrogen-bond donors (Lipinski definition) is 3. The van der Waals surface area contributed by atoms with Gasteiger partial charge in [0.25, 0.3) is 0 Å². The molecule has 3 N–H and O–H groups in total. The number of nitrogens with one attached hydrogen (secondary N) is 3. The van der Waals surface area contributed by atoms with E-state index in [0.29, 0.717) is 5.82 Å². The Morgan fingerprint density at radius 2 is 1.63 bits per heavy atom. The van der Waals surface area contributed by atoms with Gasteiger partial charge < -0.3 is 20.4 Å². The summed E-state index contributed by atoms with van der Waals surface area (Å²) in [6, 6.07) is 24.8. The van der Waals surface area contributed by atoms with Gasteiger partial charge in [0.15, 0.2) is 0 Å². The summed E-state index contributed by atoms with van der Waals surface area (Å²) in [6.07, 6.45) is 0. The predicted molar refractivity (Wildman–Crippen MR) is 117 cm³/mol. The van der Waals surface area contributed by atoms with Gasteiger partial charge in [-0.05, 0) is 35.4 Å². The maximum atomic E-state index is 12.6. The molecule has 6 nitrogen and oxygen atoms in total. The van der Waals surface area contributed by atoms with E-state index in [1.54, 1.807) is 7.11 Å². The minimum atomic E-state index is -0.375. The summed E-state index contributed by atoms with van der Waals surface area (Å²) in [7, 11) is 1.63. The molecule has 0 radical (unpaired) electrons. The Labute approximate surface area is 173 Å². The number of fused-ring (bicyclic) bond motifs is 1. The van der Waals surface area contributed by atoms with E-state index in [2.05, 4.69) is 15.6 Å². The van der Waals surface area contributed by atoms with Crippen molar-refractivity contribution >= 4 is 28.3 Å². The molecule has 3 aromatic carbocycles.